The van der Waals surface area contributed by atoms with E-state index in [9.17, 15) is 4.79 Å². The Hall–Kier alpha value is -3.04. The molecule has 3 aromatic carbocycles. The number of carbonyl (C=O) groups is 1. The quantitative estimate of drug-likeness (QED) is 0.291. The highest BCUT2D eigenvalue weighted by Gasteiger charge is 2.24. The zero-order chi connectivity index (χ0) is 18.1. The van der Waals surface area contributed by atoms with E-state index in [1.807, 2.05) is 60.7 Å². The number of benzene rings is 3. The summed E-state index contributed by atoms with van der Waals surface area (Å²) in [5, 5.41) is 0. The third-order valence-electron chi connectivity index (χ3n) is 4.55. The van der Waals surface area contributed by atoms with Crippen molar-refractivity contribution in [3.63, 3.8) is 0 Å². The first kappa shape index (κ1) is 16.4. The normalized spacial score (nSPS) is 12.2. The lowest BCUT2D eigenvalue weighted by Gasteiger charge is -2.23. The van der Waals surface area contributed by atoms with Crippen LogP contribution in [-0.2, 0) is 0 Å². The number of ketones is 1. The van der Waals surface area contributed by atoms with Gasteiger partial charge in [0.05, 0.1) is 12.0 Å². The second-order valence-electron chi connectivity index (χ2n) is 6.07. The lowest BCUT2D eigenvalue weighted by molar-refractivity contribution is 0.104. The fourth-order valence-electron chi connectivity index (χ4n) is 3.27. The lowest BCUT2D eigenvalue weighted by atomic mass is 9.81. The van der Waals surface area contributed by atoms with Crippen LogP contribution in [0.1, 0.15) is 32.6 Å². The smallest absolute Gasteiger partial charge is 0.186 e. The fraction of sp³-hybridized carbons (Fsp3) is 0.0435. The monoisotopic (exact) mass is 356 g/mol. The van der Waals surface area contributed by atoms with Crippen molar-refractivity contribution >= 4 is 28.4 Å². The molecule has 4 rings (SSSR count). The molecule has 0 saturated heterocycles. The minimum Gasteiger partial charge on any atom is -0.497 e. The number of allylic oxidation sites excluding steroid dienone is 1. The minimum atomic E-state index is -0.0590. The first-order chi connectivity index (χ1) is 12.7. The molecule has 2 nitrogen and oxygen atoms in total. The Morgan fingerprint density at radius 3 is 2.00 bits per heavy atom. The van der Waals surface area contributed by atoms with Crippen LogP contribution in [0.4, 0.5) is 0 Å². The van der Waals surface area contributed by atoms with Crippen LogP contribution in [-0.4, -0.2) is 17.8 Å². The van der Waals surface area contributed by atoms with Gasteiger partial charge in [-0.1, -0.05) is 72.9 Å². The molecule has 1 aliphatic rings. The molecule has 0 aliphatic heterocycles. The largest absolute Gasteiger partial charge is 0.497 e. The van der Waals surface area contributed by atoms with E-state index >= 15 is 0 Å². The molecule has 0 heterocycles. The number of methoxy groups -OCH3 is 1. The zero-order valence-corrected chi connectivity index (χ0v) is 15.0. The summed E-state index contributed by atoms with van der Waals surface area (Å²) >= 11 is 5.68. The van der Waals surface area contributed by atoms with Gasteiger partial charge in [-0.05, 0) is 34.9 Å². The van der Waals surface area contributed by atoms with Crippen molar-refractivity contribution in [1.29, 1.82) is 0 Å². The van der Waals surface area contributed by atoms with Crippen LogP contribution in [0.5, 0.6) is 5.75 Å². The maximum absolute atomic E-state index is 12.9. The third-order valence-corrected chi connectivity index (χ3v) is 4.99. The Morgan fingerprint density at radius 2 is 1.42 bits per heavy atom. The average Bonchev–Trinajstić information content (AvgIpc) is 2.71. The summed E-state index contributed by atoms with van der Waals surface area (Å²) in [5.41, 5.74) is 5.47. The van der Waals surface area contributed by atoms with Crippen molar-refractivity contribution in [1.82, 2.24) is 0 Å². The molecule has 0 bridgehead atoms. The van der Waals surface area contributed by atoms with E-state index in [0.717, 1.165) is 32.7 Å². The predicted octanol–water partition coefficient (Wildman–Crippen LogP) is 5.09. The highest BCUT2D eigenvalue weighted by molar-refractivity contribution is 7.81. The summed E-state index contributed by atoms with van der Waals surface area (Å²) in [7, 11) is 1.59. The van der Waals surface area contributed by atoms with E-state index < -0.39 is 0 Å². The molecule has 0 atom stereocenters. The summed E-state index contributed by atoms with van der Waals surface area (Å²) in [6, 6.07) is 23.1. The molecule has 0 radical (unpaired) electrons. The summed E-state index contributed by atoms with van der Waals surface area (Å²) in [5.74, 6) is 0.608. The van der Waals surface area contributed by atoms with Gasteiger partial charge < -0.3 is 4.74 Å². The van der Waals surface area contributed by atoms with Gasteiger partial charge in [0.1, 0.15) is 5.75 Å². The van der Waals surface area contributed by atoms with Gasteiger partial charge >= 0.3 is 0 Å². The summed E-state index contributed by atoms with van der Waals surface area (Å²) in [6.07, 6.45) is 1.70. The summed E-state index contributed by atoms with van der Waals surface area (Å²) in [4.78, 5) is 13.7. The van der Waals surface area contributed by atoms with Crippen LogP contribution in [0.15, 0.2) is 78.9 Å². The molecule has 3 aromatic rings. The molecule has 126 valence electrons. The minimum absolute atomic E-state index is 0.0590. The van der Waals surface area contributed by atoms with Crippen molar-refractivity contribution in [2.24, 2.45) is 0 Å². The highest BCUT2D eigenvalue weighted by Crippen LogP contribution is 2.36. The maximum Gasteiger partial charge on any atom is 0.186 e. The lowest BCUT2D eigenvalue weighted by Crippen LogP contribution is -2.14. The Morgan fingerprint density at radius 1 is 0.846 bits per heavy atom. The van der Waals surface area contributed by atoms with E-state index in [1.54, 1.807) is 25.3 Å². The molecule has 0 spiro atoms. The molecule has 0 saturated carbocycles. The van der Waals surface area contributed by atoms with Crippen molar-refractivity contribution < 1.29 is 9.53 Å². The van der Waals surface area contributed by atoms with E-state index in [2.05, 4.69) is 0 Å². The number of hydrogen-bond donors (Lipinski definition) is 0. The van der Waals surface area contributed by atoms with E-state index in [-0.39, 0.29) is 5.78 Å². The van der Waals surface area contributed by atoms with Crippen LogP contribution < -0.4 is 4.74 Å². The highest BCUT2D eigenvalue weighted by atomic mass is 32.1. The standard InChI is InChI=1S/C23H16O2S/c1-25-16-8-6-7-15(13-16)22(24)14-21-17-9-2-4-11-19(17)23(26)20-12-5-3-10-18(20)21/h2-14H,1H3. The van der Waals surface area contributed by atoms with Gasteiger partial charge in [-0.3, -0.25) is 4.79 Å². The van der Waals surface area contributed by atoms with Gasteiger partial charge in [-0.15, -0.1) is 0 Å². The molecule has 0 aromatic heterocycles. The molecule has 0 fully saturated rings. The topological polar surface area (TPSA) is 26.3 Å². The number of thiocarbonyl (C=S) groups is 1. The third kappa shape index (κ3) is 2.76. The number of hydrogen-bond acceptors (Lipinski definition) is 3. The van der Waals surface area contributed by atoms with Crippen LogP contribution in [0.2, 0.25) is 0 Å². The summed E-state index contributed by atoms with van der Waals surface area (Å²) < 4.78 is 5.23. The Kier molecular flexibility index (Phi) is 4.23. The van der Waals surface area contributed by atoms with E-state index in [1.165, 1.54) is 0 Å². The molecule has 1 aliphatic carbocycles. The van der Waals surface area contributed by atoms with Crippen LogP contribution in [0.3, 0.4) is 0 Å². The predicted molar refractivity (Wildman–Crippen MR) is 108 cm³/mol. The first-order valence-electron chi connectivity index (χ1n) is 8.32. The second kappa shape index (κ2) is 6.70. The Bertz CT molecular complexity index is 1010. The van der Waals surface area contributed by atoms with Crippen LogP contribution in [0.25, 0.3) is 5.57 Å². The Balaban J connectivity index is 1.88. The molecule has 3 heteroatoms. The van der Waals surface area contributed by atoms with Gasteiger partial charge in [-0.25, -0.2) is 0 Å². The zero-order valence-electron chi connectivity index (χ0n) is 14.2. The van der Waals surface area contributed by atoms with Gasteiger partial charge in [0.2, 0.25) is 0 Å². The van der Waals surface area contributed by atoms with Gasteiger partial charge in [0.15, 0.2) is 5.78 Å². The number of ether oxygens (including phenoxy) is 1. The maximum atomic E-state index is 12.9. The van der Waals surface area contributed by atoms with E-state index in [0.29, 0.717) is 11.3 Å². The molecular weight excluding hydrogens is 340 g/mol. The van der Waals surface area contributed by atoms with Gasteiger partial charge in [0, 0.05) is 16.7 Å². The van der Waals surface area contributed by atoms with Crippen LogP contribution >= 0.6 is 12.2 Å². The molecule has 0 unspecified atom stereocenters. The van der Waals surface area contributed by atoms with Crippen molar-refractivity contribution in [3.8, 4) is 5.75 Å². The van der Waals surface area contributed by atoms with E-state index in [4.69, 9.17) is 17.0 Å². The van der Waals surface area contributed by atoms with Crippen molar-refractivity contribution in [2.45, 2.75) is 0 Å². The van der Waals surface area contributed by atoms with Crippen LogP contribution in [0, 0.1) is 0 Å². The number of rotatable bonds is 3. The van der Waals surface area contributed by atoms with Gasteiger partial charge in [-0.2, -0.15) is 0 Å². The first-order valence-corrected chi connectivity index (χ1v) is 8.73. The fourth-order valence-corrected chi connectivity index (χ4v) is 3.62. The molecule has 0 amide bonds. The van der Waals surface area contributed by atoms with Crippen molar-refractivity contribution in [3.05, 3.63) is 107 Å². The SMILES string of the molecule is COc1cccc(C(=O)C=C2c3ccccc3C(=S)c3ccccc32)c1. The summed E-state index contributed by atoms with van der Waals surface area (Å²) in [6.45, 7) is 0. The second-order valence-corrected chi connectivity index (χ2v) is 6.48. The molecule has 0 N–H and O–H groups in total. The van der Waals surface area contributed by atoms with Crippen molar-refractivity contribution in [2.75, 3.05) is 7.11 Å². The average molecular weight is 356 g/mol. The molecular formula is C23H16O2S. The Labute approximate surface area is 157 Å². The van der Waals surface area contributed by atoms with Gasteiger partial charge in [0.25, 0.3) is 0 Å². The number of carbonyl (C=O) groups excluding carboxylic acids is 1. The molecule has 26 heavy (non-hydrogen) atoms. The number of fused-ring (bicyclic) bond motifs is 2.